The van der Waals surface area contributed by atoms with Gasteiger partial charge in [0, 0.05) is 35.5 Å². The first-order valence-corrected chi connectivity index (χ1v) is 6.07. The number of rotatable bonds is 2. The number of piperidine rings is 1. The molecule has 2 N–H and O–H groups in total. The van der Waals surface area contributed by atoms with E-state index in [0.29, 0.717) is 6.04 Å². The Morgan fingerprint density at radius 3 is 3.25 bits per heavy atom. The fraction of sp³-hybridized carbons (Fsp3) is 0.462. The molecule has 0 aliphatic carbocycles. The van der Waals surface area contributed by atoms with Gasteiger partial charge in [0.15, 0.2) is 0 Å². The van der Waals surface area contributed by atoms with E-state index in [1.54, 1.807) is 0 Å². The van der Waals surface area contributed by atoms with Crippen molar-refractivity contribution in [2.45, 2.75) is 31.7 Å². The SMILES string of the molecule is c1cc2[nH]cc(CC3CCCCN3)c2cn1. The minimum atomic E-state index is 0.646. The molecule has 0 bridgehead atoms. The van der Waals surface area contributed by atoms with Crippen molar-refractivity contribution >= 4 is 10.9 Å². The molecule has 1 atom stereocenters. The summed E-state index contributed by atoms with van der Waals surface area (Å²) < 4.78 is 0. The number of pyridine rings is 1. The number of fused-ring (bicyclic) bond motifs is 1. The van der Waals surface area contributed by atoms with E-state index < -0.39 is 0 Å². The molecule has 0 aromatic carbocycles. The van der Waals surface area contributed by atoms with E-state index in [1.165, 1.54) is 42.3 Å². The van der Waals surface area contributed by atoms with Gasteiger partial charge in [-0.2, -0.15) is 0 Å². The van der Waals surface area contributed by atoms with Gasteiger partial charge < -0.3 is 10.3 Å². The van der Waals surface area contributed by atoms with Crippen LogP contribution in [0.1, 0.15) is 24.8 Å². The minimum absolute atomic E-state index is 0.646. The average molecular weight is 215 g/mol. The summed E-state index contributed by atoms with van der Waals surface area (Å²) in [7, 11) is 0. The van der Waals surface area contributed by atoms with E-state index in [4.69, 9.17) is 0 Å². The van der Waals surface area contributed by atoms with Crippen molar-refractivity contribution in [3.05, 3.63) is 30.2 Å². The third-order valence-electron chi connectivity index (χ3n) is 3.45. The Morgan fingerprint density at radius 1 is 1.38 bits per heavy atom. The molecule has 2 aromatic rings. The number of H-pyrrole nitrogens is 1. The molecule has 0 radical (unpaired) electrons. The Bertz CT molecular complexity index is 469. The topological polar surface area (TPSA) is 40.7 Å². The molecule has 3 nitrogen and oxygen atoms in total. The lowest BCUT2D eigenvalue weighted by Gasteiger charge is -2.23. The minimum Gasteiger partial charge on any atom is -0.361 e. The van der Waals surface area contributed by atoms with Gasteiger partial charge in [0.1, 0.15) is 0 Å². The summed E-state index contributed by atoms with van der Waals surface area (Å²) in [5.41, 5.74) is 2.59. The number of hydrogen-bond acceptors (Lipinski definition) is 2. The average Bonchev–Trinajstić information content (AvgIpc) is 2.74. The standard InChI is InChI=1S/C13H17N3/c1-2-5-15-11(3-1)7-10-8-16-13-4-6-14-9-12(10)13/h4,6,8-9,11,15-16H,1-3,5,7H2. The summed E-state index contributed by atoms with van der Waals surface area (Å²) in [5, 5.41) is 4.86. The van der Waals surface area contributed by atoms with Crippen molar-refractivity contribution in [3.63, 3.8) is 0 Å². The lowest BCUT2D eigenvalue weighted by Crippen LogP contribution is -2.35. The van der Waals surface area contributed by atoms with Gasteiger partial charge in [-0.15, -0.1) is 0 Å². The highest BCUT2D eigenvalue weighted by atomic mass is 14.9. The second-order valence-electron chi connectivity index (χ2n) is 4.59. The number of hydrogen-bond donors (Lipinski definition) is 2. The van der Waals surface area contributed by atoms with E-state index in [2.05, 4.69) is 21.5 Å². The first kappa shape index (κ1) is 9.85. The zero-order valence-corrected chi connectivity index (χ0v) is 9.37. The Balaban J connectivity index is 1.83. The molecule has 3 rings (SSSR count). The number of nitrogens with one attached hydrogen (secondary N) is 2. The van der Waals surface area contributed by atoms with Gasteiger partial charge in [0.2, 0.25) is 0 Å². The molecule has 0 saturated carbocycles. The summed E-state index contributed by atoms with van der Waals surface area (Å²) in [6.07, 6.45) is 11.0. The maximum atomic E-state index is 4.20. The molecular formula is C13H17N3. The summed E-state index contributed by atoms with van der Waals surface area (Å²) in [5.74, 6) is 0. The molecule has 2 aromatic heterocycles. The highest BCUT2D eigenvalue weighted by molar-refractivity contribution is 5.82. The second-order valence-corrected chi connectivity index (χ2v) is 4.59. The van der Waals surface area contributed by atoms with Crippen molar-refractivity contribution in [1.29, 1.82) is 0 Å². The van der Waals surface area contributed by atoms with E-state index >= 15 is 0 Å². The first-order valence-electron chi connectivity index (χ1n) is 6.07. The van der Waals surface area contributed by atoms with Crippen LogP contribution in [0.25, 0.3) is 10.9 Å². The van der Waals surface area contributed by atoms with Gasteiger partial charge in [-0.05, 0) is 37.4 Å². The molecule has 3 heterocycles. The third kappa shape index (κ3) is 1.83. The van der Waals surface area contributed by atoms with Gasteiger partial charge in [-0.1, -0.05) is 6.42 Å². The second kappa shape index (κ2) is 4.26. The molecular weight excluding hydrogens is 198 g/mol. The van der Waals surface area contributed by atoms with Crippen LogP contribution in [-0.4, -0.2) is 22.6 Å². The summed E-state index contributed by atoms with van der Waals surface area (Å²) in [6.45, 7) is 1.17. The van der Waals surface area contributed by atoms with Gasteiger partial charge in [-0.25, -0.2) is 0 Å². The molecule has 84 valence electrons. The van der Waals surface area contributed by atoms with Gasteiger partial charge in [0.05, 0.1) is 0 Å². The zero-order valence-electron chi connectivity index (χ0n) is 9.37. The number of nitrogens with zero attached hydrogens (tertiary/aromatic N) is 1. The maximum absolute atomic E-state index is 4.20. The molecule has 3 heteroatoms. The van der Waals surface area contributed by atoms with Crippen molar-refractivity contribution < 1.29 is 0 Å². The van der Waals surface area contributed by atoms with Crippen LogP contribution in [0.4, 0.5) is 0 Å². The van der Waals surface area contributed by atoms with Crippen molar-refractivity contribution in [1.82, 2.24) is 15.3 Å². The highest BCUT2D eigenvalue weighted by Crippen LogP contribution is 2.20. The van der Waals surface area contributed by atoms with E-state index in [-0.39, 0.29) is 0 Å². The zero-order chi connectivity index (χ0) is 10.8. The van der Waals surface area contributed by atoms with Crippen LogP contribution < -0.4 is 5.32 Å². The Morgan fingerprint density at radius 2 is 2.38 bits per heavy atom. The quantitative estimate of drug-likeness (QED) is 0.806. The Hall–Kier alpha value is -1.35. The predicted octanol–water partition coefficient (Wildman–Crippen LogP) is 2.25. The number of aromatic amines is 1. The maximum Gasteiger partial charge on any atom is 0.0487 e. The van der Waals surface area contributed by atoms with E-state index in [9.17, 15) is 0 Å². The molecule has 1 aliphatic rings. The number of aromatic nitrogens is 2. The van der Waals surface area contributed by atoms with Crippen LogP contribution in [-0.2, 0) is 6.42 Å². The van der Waals surface area contributed by atoms with Crippen LogP contribution in [0.2, 0.25) is 0 Å². The third-order valence-corrected chi connectivity index (χ3v) is 3.45. The molecule has 1 saturated heterocycles. The van der Waals surface area contributed by atoms with Crippen LogP contribution in [0.15, 0.2) is 24.7 Å². The Labute approximate surface area is 95.3 Å². The lowest BCUT2D eigenvalue weighted by atomic mass is 9.98. The largest absolute Gasteiger partial charge is 0.361 e. The molecule has 1 unspecified atom stereocenters. The fourth-order valence-electron chi connectivity index (χ4n) is 2.55. The van der Waals surface area contributed by atoms with Gasteiger partial charge >= 0.3 is 0 Å². The molecule has 0 amide bonds. The van der Waals surface area contributed by atoms with E-state index in [0.717, 1.165) is 6.42 Å². The predicted molar refractivity (Wildman–Crippen MR) is 65.4 cm³/mol. The van der Waals surface area contributed by atoms with E-state index in [1.807, 2.05) is 18.5 Å². The van der Waals surface area contributed by atoms with Crippen molar-refractivity contribution in [3.8, 4) is 0 Å². The normalized spacial score (nSPS) is 21.4. The lowest BCUT2D eigenvalue weighted by molar-refractivity contribution is 0.400. The van der Waals surface area contributed by atoms with Crippen LogP contribution in [0.5, 0.6) is 0 Å². The van der Waals surface area contributed by atoms with Gasteiger partial charge in [-0.3, -0.25) is 4.98 Å². The summed E-state index contributed by atoms with van der Waals surface area (Å²) >= 11 is 0. The molecule has 1 aliphatic heterocycles. The van der Waals surface area contributed by atoms with Crippen molar-refractivity contribution in [2.24, 2.45) is 0 Å². The smallest absolute Gasteiger partial charge is 0.0487 e. The Kier molecular flexibility index (Phi) is 2.62. The summed E-state index contributed by atoms with van der Waals surface area (Å²) in [6, 6.07) is 2.68. The highest BCUT2D eigenvalue weighted by Gasteiger charge is 2.14. The van der Waals surface area contributed by atoms with Crippen LogP contribution in [0, 0.1) is 0 Å². The van der Waals surface area contributed by atoms with Crippen LogP contribution >= 0.6 is 0 Å². The first-order chi connectivity index (χ1) is 7.93. The molecule has 16 heavy (non-hydrogen) atoms. The molecule has 0 spiro atoms. The fourth-order valence-corrected chi connectivity index (χ4v) is 2.55. The monoisotopic (exact) mass is 215 g/mol. The van der Waals surface area contributed by atoms with Crippen LogP contribution in [0.3, 0.4) is 0 Å². The molecule has 1 fully saturated rings. The summed E-state index contributed by atoms with van der Waals surface area (Å²) in [4.78, 5) is 7.51. The van der Waals surface area contributed by atoms with Gasteiger partial charge in [0.25, 0.3) is 0 Å². The van der Waals surface area contributed by atoms with Crippen molar-refractivity contribution in [2.75, 3.05) is 6.54 Å².